The van der Waals surface area contributed by atoms with Crippen molar-refractivity contribution in [3.05, 3.63) is 0 Å². The first-order valence-electron chi connectivity index (χ1n) is 4.71. The Balaban J connectivity index is 2.28. The minimum Gasteiger partial charge on any atom is -0.360 e. The third-order valence-corrected chi connectivity index (χ3v) is 3.58. The molecule has 0 aliphatic rings. The molecular formula is C8H17N4S2+. The van der Waals surface area contributed by atoms with Crippen LogP contribution in [0.15, 0.2) is 4.34 Å². The van der Waals surface area contributed by atoms with Crippen molar-refractivity contribution in [1.82, 2.24) is 10.2 Å². The highest BCUT2D eigenvalue weighted by Crippen LogP contribution is 2.24. The standard InChI is InChI=1S/C8H16N4S2/c1-4-9-7-10-11-8(14-7)13-6-5-12(2)3/h4-6H2,1-3H3,(H,9,10)/p+1. The molecule has 0 spiro atoms. The number of aromatic nitrogens is 2. The minimum absolute atomic E-state index is 0.904. The van der Waals surface area contributed by atoms with E-state index in [1.807, 2.05) is 0 Å². The van der Waals surface area contributed by atoms with Gasteiger partial charge < -0.3 is 10.2 Å². The fourth-order valence-corrected chi connectivity index (χ4v) is 2.88. The van der Waals surface area contributed by atoms with Gasteiger partial charge in [0.2, 0.25) is 5.13 Å². The quantitative estimate of drug-likeness (QED) is 0.689. The van der Waals surface area contributed by atoms with Gasteiger partial charge in [0.25, 0.3) is 0 Å². The van der Waals surface area contributed by atoms with Crippen molar-refractivity contribution in [3.8, 4) is 0 Å². The monoisotopic (exact) mass is 233 g/mol. The van der Waals surface area contributed by atoms with E-state index in [1.54, 1.807) is 23.1 Å². The van der Waals surface area contributed by atoms with Crippen molar-refractivity contribution in [2.45, 2.75) is 11.3 Å². The van der Waals surface area contributed by atoms with E-state index in [0.29, 0.717) is 0 Å². The lowest BCUT2D eigenvalue weighted by Crippen LogP contribution is -3.06. The van der Waals surface area contributed by atoms with Gasteiger partial charge in [-0.25, -0.2) is 0 Å². The van der Waals surface area contributed by atoms with Crippen LogP contribution in [0.5, 0.6) is 0 Å². The van der Waals surface area contributed by atoms with Gasteiger partial charge in [0.1, 0.15) is 0 Å². The van der Waals surface area contributed by atoms with Gasteiger partial charge in [-0.3, -0.25) is 0 Å². The maximum atomic E-state index is 4.09. The molecule has 1 heterocycles. The predicted octanol–water partition coefficient (Wildman–Crippen LogP) is 0.206. The molecule has 4 nitrogen and oxygen atoms in total. The minimum atomic E-state index is 0.904. The lowest BCUT2D eigenvalue weighted by Gasteiger charge is -2.04. The highest BCUT2D eigenvalue weighted by molar-refractivity contribution is 8.01. The maximum absolute atomic E-state index is 4.09. The van der Waals surface area contributed by atoms with Crippen LogP contribution in [0.1, 0.15) is 6.92 Å². The molecule has 2 N–H and O–H groups in total. The molecule has 14 heavy (non-hydrogen) atoms. The SMILES string of the molecule is CCNc1nnc(SCC[NH+](C)C)s1. The predicted molar refractivity (Wildman–Crippen MR) is 62.5 cm³/mol. The lowest BCUT2D eigenvalue weighted by molar-refractivity contribution is -0.855. The average molecular weight is 233 g/mol. The van der Waals surface area contributed by atoms with Gasteiger partial charge >= 0.3 is 0 Å². The van der Waals surface area contributed by atoms with Gasteiger partial charge in [-0.1, -0.05) is 23.1 Å². The lowest BCUT2D eigenvalue weighted by atomic mass is 10.7. The van der Waals surface area contributed by atoms with E-state index in [2.05, 4.69) is 36.5 Å². The smallest absolute Gasteiger partial charge is 0.206 e. The Kier molecular flexibility index (Phi) is 5.21. The summed E-state index contributed by atoms with van der Waals surface area (Å²) in [5, 5.41) is 12.2. The van der Waals surface area contributed by atoms with E-state index in [1.165, 1.54) is 4.90 Å². The largest absolute Gasteiger partial charge is 0.360 e. The van der Waals surface area contributed by atoms with Crippen molar-refractivity contribution in [2.75, 3.05) is 38.3 Å². The molecule has 6 heteroatoms. The summed E-state index contributed by atoms with van der Waals surface area (Å²) in [6, 6.07) is 0. The topological polar surface area (TPSA) is 42.2 Å². The van der Waals surface area contributed by atoms with E-state index < -0.39 is 0 Å². The van der Waals surface area contributed by atoms with Crippen molar-refractivity contribution in [2.24, 2.45) is 0 Å². The summed E-state index contributed by atoms with van der Waals surface area (Å²) in [5.74, 6) is 1.10. The van der Waals surface area contributed by atoms with Gasteiger partial charge in [0.05, 0.1) is 20.6 Å². The number of hydrogen-bond acceptors (Lipinski definition) is 5. The molecule has 0 aliphatic heterocycles. The van der Waals surface area contributed by atoms with Crippen LogP contribution in [-0.4, -0.2) is 43.1 Å². The van der Waals surface area contributed by atoms with Crippen molar-refractivity contribution >= 4 is 28.2 Å². The Labute approximate surface area is 93.1 Å². The number of quaternary nitrogens is 1. The molecule has 0 amide bonds. The molecule has 0 saturated heterocycles. The normalized spacial score (nSPS) is 10.9. The summed E-state index contributed by atoms with van der Waals surface area (Å²) in [5.41, 5.74) is 0. The third-order valence-electron chi connectivity index (χ3n) is 1.56. The summed E-state index contributed by atoms with van der Waals surface area (Å²) in [7, 11) is 4.31. The molecule has 0 atom stereocenters. The van der Waals surface area contributed by atoms with Gasteiger partial charge in [-0.15, -0.1) is 10.2 Å². The summed E-state index contributed by atoms with van der Waals surface area (Å²) < 4.78 is 1.06. The van der Waals surface area contributed by atoms with E-state index >= 15 is 0 Å². The molecule has 0 aromatic carbocycles. The molecule has 0 fully saturated rings. The van der Waals surface area contributed by atoms with Gasteiger partial charge in [0.15, 0.2) is 4.34 Å². The molecule has 1 aromatic heterocycles. The third kappa shape index (κ3) is 4.26. The van der Waals surface area contributed by atoms with Crippen LogP contribution >= 0.6 is 23.1 Å². The molecular weight excluding hydrogens is 216 g/mol. The van der Waals surface area contributed by atoms with Gasteiger partial charge in [0, 0.05) is 12.3 Å². The highest BCUT2D eigenvalue weighted by atomic mass is 32.2. The summed E-state index contributed by atoms with van der Waals surface area (Å²) in [6.07, 6.45) is 0. The molecule has 0 saturated carbocycles. The number of hydrogen-bond donors (Lipinski definition) is 2. The van der Waals surface area contributed by atoms with Gasteiger partial charge in [-0.05, 0) is 6.92 Å². The zero-order chi connectivity index (χ0) is 10.4. The number of nitrogens with zero attached hydrogens (tertiary/aromatic N) is 2. The second-order valence-corrected chi connectivity index (χ2v) is 5.53. The van der Waals surface area contributed by atoms with Crippen molar-refractivity contribution < 1.29 is 4.90 Å². The Hall–Kier alpha value is -0.330. The Bertz CT molecular complexity index is 262. The van der Waals surface area contributed by atoms with E-state index in [9.17, 15) is 0 Å². The number of rotatable bonds is 6. The highest BCUT2D eigenvalue weighted by Gasteiger charge is 2.04. The van der Waals surface area contributed by atoms with Gasteiger partial charge in [-0.2, -0.15) is 0 Å². The number of anilines is 1. The maximum Gasteiger partial charge on any atom is 0.206 e. The molecule has 0 bridgehead atoms. The van der Waals surface area contributed by atoms with Crippen LogP contribution in [-0.2, 0) is 0 Å². The first-order valence-corrected chi connectivity index (χ1v) is 6.51. The molecule has 80 valence electrons. The molecule has 0 radical (unpaired) electrons. The number of thioether (sulfide) groups is 1. The van der Waals surface area contributed by atoms with Crippen LogP contribution in [0.3, 0.4) is 0 Å². The Morgan fingerprint density at radius 1 is 1.43 bits per heavy atom. The number of nitrogens with one attached hydrogen (secondary N) is 2. The van der Waals surface area contributed by atoms with Crippen LogP contribution in [0.25, 0.3) is 0 Å². The van der Waals surface area contributed by atoms with Crippen LogP contribution in [0.4, 0.5) is 5.13 Å². The molecule has 1 aromatic rings. The molecule has 0 aliphatic carbocycles. The zero-order valence-corrected chi connectivity index (χ0v) is 10.5. The zero-order valence-electron chi connectivity index (χ0n) is 8.83. The summed E-state index contributed by atoms with van der Waals surface area (Å²) in [6.45, 7) is 4.12. The van der Waals surface area contributed by atoms with E-state index in [0.717, 1.165) is 28.3 Å². The Morgan fingerprint density at radius 3 is 2.86 bits per heavy atom. The van der Waals surface area contributed by atoms with E-state index in [4.69, 9.17) is 0 Å². The summed E-state index contributed by atoms with van der Waals surface area (Å²) in [4.78, 5) is 1.47. The van der Waals surface area contributed by atoms with Crippen LogP contribution in [0, 0.1) is 0 Å². The Morgan fingerprint density at radius 2 is 2.21 bits per heavy atom. The average Bonchev–Trinajstić information content (AvgIpc) is 2.53. The fourth-order valence-electron chi connectivity index (χ4n) is 0.833. The fraction of sp³-hybridized carbons (Fsp3) is 0.750. The summed E-state index contributed by atoms with van der Waals surface area (Å²) >= 11 is 3.41. The second-order valence-electron chi connectivity index (χ2n) is 3.21. The van der Waals surface area contributed by atoms with Crippen LogP contribution in [0.2, 0.25) is 0 Å². The molecule has 0 unspecified atom stereocenters. The van der Waals surface area contributed by atoms with E-state index in [-0.39, 0.29) is 0 Å². The first kappa shape index (κ1) is 11.7. The first-order chi connectivity index (χ1) is 6.72. The van der Waals surface area contributed by atoms with Crippen LogP contribution < -0.4 is 10.2 Å². The van der Waals surface area contributed by atoms with Crippen molar-refractivity contribution in [1.29, 1.82) is 0 Å². The molecule has 1 rings (SSSR count). The van der Waals surface area contributed by atoms with Crippen molar-refractivity contribution in [3.63, 3.8) is 0 Å². The second kappa shape index (κ2) is 6.21.